The Kier molecular flexibility index (Phi) is 7.29. The van der Waals surface area contributed by atoms with Gasteiger partial charge in [-0.15, -0.1) is 0 Å². The largest absolute Gasteiger partial charge is 0.482 e. The molecule has 2 rings (SSSR count). The maximum absolute atomic E-state index is 12.3. The van der Waals surface area contributed by atoms with Crippen LogP contribution in [0.25, 0.3) is 0 Å². The summed E-state index contributed by atoms with van der Waals surface area (Å²) in [7, 11) is 0. The van der Waals surface area contributed by atoms with E-state index in [9.17, 15) is 9.59 Å². The van der Waals surface area contributed by atoms with Gasteiger partial charge in [0.1, 0.15) is 5.75 Å². The van der Waals surface area contributed by atoms with Gasteiger partial charge in [-0.3, -0.25) is 4.79 Å². The van der Waals surface area contributed by atoms with Crippen LogP contribution in [0, 0.1) is 17.8 Å². The Hall–Kier alpha value is -2.04. The van der Waals surface area contributed by atoms with E-state index in [2.05, 4.69) is 19.2 Å². The summed E-state index contributed by atoms with van der Waals surface area (Å²) in [4.78, 5) is 22.7. The van der Waals surface area contributed by atoms with Gasteiger partial charge in [-0.2, -0.15) is 0 Å². The number of rotatable bonds is 8. The fourth-order valence-electron chi connectivity index (χ4n) is 3.42. The van der Waals surface area contributed by atoms with Gasteiger partial charge in [-0.1, -0.05) is 26.0 Å². The number of carboxylic acid groups (broad SMARTS) is 1. The van der Waals surface area contributed by atoms with Crippen LogP contribution in [0.4, 0.5) is 0 Å². The van der Waals surface area contributed by atoms with Crippen molar-refractivity contribution in [2.75, 3.05) is 13.2 Å². The molecule has 0 unspecified atom stereocenters. The Balaban J connectivity index is 1.68. The molecular formula is C20H29NO4. The molecule has 5 heteroatoms. The van der Waals surface area contributed by atoms with E-state index in [1.807, 2.05) is 12.1 Å². The molecule has 0 bridgehead atoms. The fraction of sp³-hybridized carbons (Fsp3) is 0.600. The van der Waals surface area contributed by atoms with E-state index in [0.29, 0.717) is 18.2 Å². The van der Waals surface area contributed by atoms with E-state index >= 15 is 0 Å². The lowest BCUT2D eigenvalue weighted by Gasteiger charge is -2.30. The predicted molar refractivity (Wildman–Crippen MR) is 96.6 cm³/mol. The molecule has 2 N–H and O–H groups in total. The topological polar surface area (TPSA) is 75.6 Å². The Morgan fingerprint density at radius 2 is 1.80 bits per heavy atom. The first kappa shape index (κ1) is 19.3. The van der Waals surface area contributed by atoms with Gasteiger partial charge >= 0.3 is 5.97 Å². The lowest BCUT2D eigenvalue weighted by atomic mass is 9.77. The first-order chi connectivity index (χ1) is 12.0. The summed E-state index contributed by atoms with van der Waals surface area (Å²) in [6, 6.07) is 7.31. The normalized spacial score (nSPS) is 20.3. The molecular weight excluding hydrogens is 318 g/mol. The van der Waals surface area contributed by atoms with E-state index in [0.717, 1.165) is 43.6 Å². The summed E-state index contributed by atoms with van der Waals surface area (Å²) in [5.41, 5.74) is 1.09. The first-order valence-corrected chi connectivity index (χ1v) is 9.17. The van der Waals surface area contributed by atoms with Crippen LogP contribution in [-0.4, -0.2) is 30.1 Å². The molecule has 1 aromatic rings. The molecule has 1 saturated carbocycles. The second-order valence-electron chi connectivity index (χ2n) is 7.22. The maximum Gasteiger partial charge on any atom is 0.341 e. The highest BCUT2D eigenvalue weighted by Crippen LogP contribution is 2.33. The number of carbonyl (C=O) groups is 2. The maximum atomic E-state index is 12.3. The van der Waals surface area contributed by atoms with E-state index in [-0.39, 0.29) is 18.4 Å². The van der Waals surface area contributed by atoms with Crippen LogP contribution in [0.1, 0.15) is 45.1 Å². The van der Waals surface area contributed by atoms with Crippen molar-refractivity contribution in [3.05, 3.63) is 29.8 Å². The lowest BCUT2D eigenvalue weighted by Crippen LogP contribution is -2.34. The van der Waals surface area contributed by atoms with Crippen LogP contribution in [-0.2, 0) is 16.0 Å². The minimum absolute atomic E-state index is 0.168. The monoisotopic (exact) mass is 347 g/mol. The number of carboxylic acids is 1. The number of hydrogen-bond donors (Lipinski definition) is 2. The average molecular weight is 347 g/mol. The van der Waals surface area contributed by atoms with Crippen molar-refractivity contribution in [3.63, 3.8) is 0 Å². The number of nitrogens with one attached hydrogen (secondary N) is 1. The number of ether oxygens (including phenoxy) is 1. The summed E-state index contributed by atoms with van der Waals surface area (Å²) in [5, 5.41) is 11.6. The van der Waals surface area contributed by atoms with E-state index in [4.69, 9.17) is 9.84 Å². The third-order valence-corrected chi connectivity index (χ3v) is 5.08. The zero-order valence-corrected chi connectivity index (χ0v) is 15.2. The number of benzene rings is 1. The summed E-state index contributed by atoms with van der Waals surface area (Å²) in [6.07, 6.45) is 5.09. The SMILES string of the molecule is CC(C)C1CCC(C(=O)NCCc2ccc(OCC(=O)O)cc2)CC1. The number of amides is 1. The van der Waals surface area contributed by atoms with Crippen LogP contribution in [0.5, 0.6) is 5.75 Å². The van der Waals surface area contributed by atoms with E-state index < -0.39 is 5.97 Å². The van der Waals surface area contributed by atoms with Crippen LogP contribution in [0.15, 0.2) is 24.3 Å². The van der Waals surface area contributed by atoms with Crippen LogP contribution in [0.3, 0.4) is 0 Å². The molecule has 1 aromatic carbocycles. The summed E-state index contributed by atoms with van der Waals surface area (Å²) >= 11 is 0. The Labute approximate surface area is 149 Å². The third-order valence-electron chi connectivity index (χ3n) is 5.08. The molecule has 0 aliphatic heterocycles. The fourth-order valence-corrected chi connectivity index (χ4v) is 3.42. The summed E-state index contributed by atoms with van der Waals surface area (Å²) in [6.45, 7) is 4.82. The predicted octanol–water partition coefficient (Wildman–Crippen LogP) is 3.27. The van der Waals surface area contributed by atoms with Crippen molar-refractivity contribution in [1.29, 1.82) is 0 Å². The number of carbonyl (C=O) groups excluding carboxylic acids is 1. The Morgan fingerprint density at radius 1 is 1.16 bits per heavy atom. The van der Waals surface area contributed by atoms with Crippen LogP contribution >= 0.6 is 0 Å². The zero-order valence-electron chi connectivity index (χ0n) is 15.2. The van der Waals surface area contributed by atoms with Crippen LogP contribution < -0.4 is 10.1 Å². The van der Waals surface area contributed by atoms with Crippen LogP contribution in [0.2, 0.25) is 0 Å². The molecule has 25 heavy (non-hydrogen) atoms. The molecule has 1 fully saturated rings. The molecule has 0 radical (unpaired) electrons. The van der Waals surface area contributed by atoms with Crippen molar-refractivity contribution in [2.45, 2.75) is 46.0 Å². The second-order valence-corrected chi connectivity index (χ2v) is 7.22. The molecule has 0 aromatic heterocycles. The Morgan fingerprint density at radius 3 is 2.36 bits per heavy atom. The second kappa shape index (κ2) is 9.44. The van der Waals surface area contributed by atoms with Gasteiger partial charge in [-0.05, 0) is 61.6 Å². The molecule has 1 aliphatic carbocycles. The highest BCUT2D eigenvalue weighted by atomic mass is 16.5. The molecule has 1 amide bonds. The average Bonchev–Trinajstić information content (AvgIpc) is 2.61. The summed E-state index contributed by atoms with van der Waals surface area (Å²) < 4.78 is 5.10. The van der Waals surface area contributed by atoms with Crippen molar-refractivity contribution in [2.24, 2.45) is 17.8 Å². The standard InChI is InChI=1S/C20H29NO4/c1-14(2)16-5-7-17(8-6-16)20(24)21-12-11-15-3-9-18(10-4-15)25-13-19(22)23/h3-4,9-10,14,16-17H,5-8,11-13H2,1-2H3,(H,21,24)(H,22,23). The highest BCUT2D eigenvalue weighted by molar-refractivity contribution is 5.78. The third kappa shape index (κ3) is 6.40. The number of aliphatic carboxylic acids is 1. The van der Waals surface area contributed by atoms with Gasteiger partial charge in [0, 0.05) is 12.5 Å². The van der Waals surface area contributed by atoms with Gasteiger partial charge in [0.05, 0.1) is 0 Å². The van der Waals surface area contributed by atoms with Gasteiger partial charge in [-0.25, -0.2) is 4.79 Å². The van der Waals surface area contributed by atoms with E-state index in [1.165, 1.54) is 0 Å². The van der Waals surface area contributed by atoms with Gasteiger partial charge in [0.2, 0.25) is 5.91 Å². The molecule has 0 saturated heterocycles. The minimum atomic E-state index is -0.991. The van der Waals surface area contributed by atoms with Crippen molar-refractivity contribution < 1.29 is 19.4 Å². The van der Waals surface area contributed by atoms with Crippen molar-refractivity contribution >= 4 is 11.9 Å². The molecule has 0 spiro atoms. The summed E-state index contributed by atoms with van der Waals surface area (Å²) in [5.74, 6) is 1.38. The smallest absolute Gasteiger partial charge is 0.341 e. The van der Waals surface area contributed by atoms with Gasteiger partial charge in [0.15, 0.2) is 6.61 Å². The lowest BCUT2D eigenvalue weighted by molar-refractivity contribution is -0.139. The molecule has 0 atom stereocenters. The highest BCUT2D eigenvalue weighted by Gasteiger charge is 2.27. The molecule has 5 nitrogen and oxygen atoms in total. The quantitative estimate of drug-likeness (QED) is 0.757. The minimum Gasteiger partial charge on any atom is -0.482 e. The Bertz CT molecular complexity index is 560. The molecule has 0 heterocycles. The van der Waals surface area contributed by atoms with Crippen molar-refractivity contribution in [1.82, 2.24) is 5.32 Å². The molecule has 138 valence electrons. The zero-order chi connectivity index (χ0) is 18.2. The van der Waals surface area contributed by atoms with Gasteiger partial charge < -0.3 is 15.2 Å². The van der Waals surface area contributed by atoms with Gasteiger partial charge in [0.25, 0.3) is 0 Å². The molecule has 1 aliphatic rings. The first-order valence-electron chi connectivity index (χ1n) is 9.17. The van der Waals surface area contributed by atoms with E-state index in [1.54, 1.807) is 12.1 Å². The van der Waals surface area contributed by atoms with Crippen molar-refractivity contribution in [3.8, 4) is 5.75 Å². The number of hydrogen-bond acceptors (Lipinski definition) is 3.